The molecule has 10 heteroatoms. The molecule has 176 valence electrons. The smallest absolute Gasteiger partial charge is 0.255 e. The van der Waals surface area contributed by atoms with Gasteiger partial charge in [-0.25, -0.2) is 22.5 Å². The van der Waals surface area contributed by atoms with Crippen LogP contribution in [-0.2, 0) is 0 Å². The fraction of sp³-hybridized carbons (Fsp3) is 0.167. The average Bonchev–Trinajstić information content (AvgIpc) is 3.18. The molecule has 1 atom stereocenters. The molecule has 2 aromatic heterocycles. The van der Waals surface area contributed by atoms with Crippen LogP contribution >= 0.6 is 0 Å². The maximum atomic E-state index is 14.6. The fourth-order valence-electron chi connectivity index (χ4n) is 3.33. The minimum atomic E-state index is -1.70. The van der Waals surface area contributed by atoms with Crippen molar-refractivity contribution in [3.63, 3.8) is 0 Å². The Hall–Kier alpha value is -3.76. The summed E-state index contributed by atoms with van der Waals surface area (Å²) in [7, 11) is 0. The zero-order valence-corrected chi connectivity index (χ0v) is 17.9. The summed E-state index contributed by atoms with van der Waals surface area (Å²) in [6, 6.07) is 8.06. The van der Waals surface area contributed by atoms with E-state index in [1.165, 1.54) is 19.9 Å². The van der Waals surface area contributed by atoms with Gasteiger partial charge in [0.2, 0.25) is 5.89 Å². The standard InChI is InChI=1S/C24H18F4N2O4/c1-24(2,33)22(32)23-29-19(14-8-7-13(25)10-17(14)28)21(34-23)12-6-9-18(31)30(11-12)20-15(26)4-3-5-16(20)27/h3-11,22,32-33H,1-2H3. The second-order valence-electron chi connectivity index (χ2n) is 8.11. The first-order valence-corrected chi connectivity index (χ1v) is 10.0. The molecule has 0 aliphatic rings. The Balaban J connectivity index is 1.97. The first kappa shape index (κ1) is 23.4. The van der Waals surface area contributed by atoms with Crippen molar-refractivity contribution in [1.29, 1.82) is 0 Å². The lowest BCUT2D eigenvalue weighted by atomic mass is 10.0. The number of oxazole rings is 1. The van der Waals surface area contributed by atoms with Crippen molar-refractivity contribution >= 4 is 0 Å². The lowest BCUT2D eigenvalue weighted by Crippen LogP contribution is -2.28. The molecule has 0 amide bonds. The van der Waals surface area contributed by atoms with Gasteiger partial charge in [0.05, 0.1) is 5.60 Å². The van der Waals surface area contributed by atoms with Gasteiger partial charge >= 0.3 is 0 Å². The third-order valence-electron chi connectivity index (χ3n) is 5.08. The molecule has 0 saturated heterocycles. The highest BCUT2D eigenvalue weighted by Gasteiger charge is 2.33. The molecule has 0 aliphatic carbocycles. The molecule has 0 spiro atoms. The first-order valence-electron chi connectivity index (χ1n) is 10.0. The Bertz CT molecular complexity index is 1420. The maximum Gasteiger partial charge on any atom is 0.255 e. The molecule has 0 bridgehead atoms. The average molecular weight is 474 g/mol. The molecule has 4 rings (SSSR count). The summed E-state index contributed by atoms with van der Waals surface area (Å²) in [6.07, 6.45) is -0.575. The topological polar surface area (TPSA) is 88.5 Å². The van der Waals surface area contributed by atoms with Gasteiger partial charge in [-0.1, -0.05) is 6.07 Å². The quantitative estimate of drug-likeness (QED) is 0.416. The number of hydrogen-bond acceptors (Lipinski definition) is 5. The summed E-state index contributed by atoms with van der Waals surface area (Å²) in [4.78, 5) is 16.5. The zero-order valence-electron chi connectivity index (χ0n) is 17.9. The van der Waals surface area contributed by atoms with Crippen LogP contribution in [0.15, 0.2) is 63.9 Å². The summed E-state index contributed by atoms with van der Waals surface area (Å²) >= 11 is 0. The lowest BCUT2D eigenvalue weighted by Gasteiger charge is -2.21. The molecule has 4 aromatic rings. The first-order chi connectivity index (χ1) is 16.0. The van der Waals surface area contributed by atoms with Crippen molar-refractivity contribution in [3.05, 3.63) is 94.2 Å². The maximum absolute atomic E-state index is 14.6. The van der Waals surface area contributed by atoms with Crippen molar-refractivity contribution in [2.75, 3.05) is 0 Å². The van der Waals surface area contributed by atoms with Gasteiger partial charge in [-0.3, -0.25) is 9.36 Å². The highest BCUT2D eigenvalue weighted by atomic mass is 19.1. The molecule has 1 unspecified atom stereocenters. The predicted octanol–water partition coefficient (Wildman–Crippen LogP) is 4.52. The van der Waals surface area contributed by atoms with Gasteiger partial charge in [-0.15, -0.1) is 0 Å². The van der Waals surface area contributed by atoms with Crippen molar-refractivity contribution in [3.8, 4) is 28.3 Å². The Morgan fingerprint density at radius 1 is 1.00 bits per heavy atom. The van der Waals surface area contributed by atoms with Gasteiger partial charge < -0.3 is 14.6 Å². The van der Waals surface area contributed by atoms with E-state index in [1.807, 2.05) is 0 Å². The van der Waals surface area contributed by atoms with E-state index in [-0.39, 0.29) is 22.6 Å². The molecular formula is C24H18F4N2O4. The number of rotatable bonds is 5. The number of nitrogens with zero attached hydrogens (tertiary/aromatic N) is 2. The molecule has 2 N–H and O–H groups in total. The highest BCUT2D eigenvalue weighted by Crippen LogP contribution is 2.37. The van der Waals surface area contributed by atoms with E-state index in [2.05, 4.69) is 4.98 Å². The van der Waals surface area contributed by atoms with E-state index in [4.69, 9.17) is 4.42 Å². The lowest BCUT2D eigenvalue weighted by molar-refractivity contribution is -0.0617. The largest absolute Gasteiger partial charge is 0.437 e. The summed E-state index contributed by atoms with van der Waals surface area (Å²) in [5.41, 5.74) is -3.45. The van der Waals surface area contributed by atoms with Crippen LogP contribution in [0.25, 0.3) is 28.3 Å². The summed E-state index contributed by atoms with van der Waals surface area (Å²) in [5, 5.41) is 20.6. The van der Waals surface area contributed by atoms with Crippen LogP contribution < -0.4 is 5.56 Å². The third-order valence-corrected chi connectivity index (χ3v) is 5.08. The second-order valence-corrected chi connectivity index (χ2v) is 8.11. The van der Waals surface area contributed by atoms with E-state index in [0.29, 0.717) is 10.6 Å². The van der Waals surface area contributed by atoms with Crippen LogP contribution in [0.4, 0.5) is 17.6 Å². The summed E-state index contributed by atoms with van der Waals surface area (Å²) in [6.45, 7) is 2.58. The number of para-hydroxylation sites is 1. The third kappa shape index (κ3) is 4.25. The number of aliphatic hydroxyl groups is 2. The Morgan fingerprint density at radius 3 is 2.29 bits per heavy atom. The monoisotopic (exact) mass is 474 g/mol. The van der Waals surface area contributed by atoms with Gasteiger partial charge in [0.15, 0.2) is 11.9 Å². The minimum Gasteiger partial charge on any atom is -0.437 e. The summed E-state index contributed by atoms with van der Waals surface area (Å²) in [5.74, 6) is -4.41. The van der Waals surface area contributed by atoms with Crippen LogP contribution in [0.5, 0.6) is 0 Å². The summed E-state index contributed by atoms with van der Waals surface area (Å²) < 4.78 is 63.1. The van der Waals surface area contributed by atoms with Crippen LogP contribution in [0.2, 0.25) is 0 Å². The Kier molecular flexibility index (Phi) is 5.88. The fourth-order valence-corrected chi connectivity index (χ4v) is 3.33. The molecule has 6 nitrogen and oxygen atoms in total. The van der Waals surface area contributed by atoms with Gasteiger partial charge in [-0.05, 0) is 44.2 Å². The van der Waals surface area contributed by atoms with Gasteiger partial charge in [0, 0.05) is 29.5 Å². The molecule has 2 heterocycles. The molecular weight excluding hydrogens is 456 g/mol. The van der Waals surface area contributed by atoms with Crippen molar-refractivity contribution < 1.29 is 32.2 Å². The number of benzene rings is 2. The molecule has 2 aromatic carbocycles. The Morgan fingerprint density at radius 2 is 1.68 bits per heavy atom. The number of aliphatic hydroxyl groups excluding tert-OH is 1. The van der Waals surface area contributed by atoms with Crippen LogP contribution in [0.3, 0.4) is 0 Å². The molecule has 0 radical (unpaired) electrons. The highest BCUT2D eigenvalue weighted by molar-refractivity contribution is 5.77. The van der Waals surface area contributed by atoms with E-state index < -0.39 is 52.1 Å². The number of hydrogen-bond donors (Lipinski definition) is 2. The van der Waals surface area contributed by atoms with E-state index in [9.17, 15) is 32.6 Å². The van der Waals surface area contributed by atoms with Crippen molar-refractivity contribution in [1.82, 2.24) is 9.55 Å². The van der Waals surface area contributed by atoms with E-state index in [1.54, 1.807) is 0 Å². The number of pyridine rings is 1. The zero-order chi connectivity index (χ0) is 24.8. The Labute approximate surface area is 190 Å². The normalized spacial score (nSPS) is 12.7. The van der Waals surface area contributed by atoms with Crippen LogP contribution in [0.1, 0.15) is 25.8 Å². The second kappa shape index (κ2) is 8.54. The SMILES string of the molecule is CC(C)(O)C(O)c1nc(-c2ccc(F)cc2F)c(-c2ccc(=O)n(-c3c(F)cccc3F)c2)o1. The van der Waals surface area contributed by atoms with Gasteiger partial charge in [0.1, 0.15) is 34.7 Å². The molecule has 0 fully saturated rings. The van der Waals surface area contributed by atoms with E-state index >= 15 is 0 Å². The van der Waals surface area contributed by atoms with Crippen LogP contribution in [0, 0.1) is 23.3 Å². The van der Waals surface area contributed by atoms with Crippen molar-refractivity contribution in [2.45, 2.75) is 25.6 Å². The van der Waals surface area contributed by atoms with Gasteiger partial charge in [0.25, 0.3) is 5.56 Å². The number of halogens is 4. The predicted molar refractivity (Wildman–Crippen MR) is 114 cm³/mol. The number of aromatic nitrogens is 2. The van der Waals surface area contributed by atoms with E-state index in [0.717, 1.165) is 42.6 Å². The van der Waals surface area contributed by atoms with Crippen molar-refractivity contribution in [2.24, 2.45) is 0 Å². The van der Waals surface area contributed by atoms with Gasteiger partial charge in [-0.2, -0.15) is 0 Å². The molecule has 0 aliphatic heterocycles. The molecule has 34 heavy (non-hydrogen) atoms. The minimum absolute atomic E-state index is 0.0441. The molecule has 0 saturated carbocycles. The van der Waals surface area contributed by atoms with Crippen LogP contribution in [-0.4, -0.2) is 25.4 Å².